The van der Waals surface area contributed by atoms with Gasteiger partial charge in [-0.05, 0) is 29.8 Å². The lowest BCUT2D eigenvalue weighted by molar-refractivity contribution is -0.115. The van der Waals surface area contributed by atoms with Crippen LogP contribution in [-0.2, 0) is 17.6 Å². The molecule has 3 aromatic heterocycles. The number of pyridine rings is 1. The number of aromatic nitrogens is 5. The molecular weight excluding hydrogens is 396 g/mol. The van der Waals surface area contributed by atoms with Crippen LogP contribution in [0.3, 0.4) is 0 Å². The average Bonchev–Trinajstić information content (AvgIpc) is 3.35. The molecular formula is C19H15ClN6OS. The van der Waals surface area contributed by atoms with Gasteiger partial charge in [0.05, 0.1) is 29.0 Å². The Morgan fingerprint density at radius 2 is 2.18 bits per heavy atom. The molecule has 1 N–H and O–H groups in total. The van der Waals surface area contributed by atoms with Gasteiger partial charge < -0.3 is 5.32 Å². The normalized spacial score (nSPS) is 10.8. The van der Waals surface area contributed by atoms with E-state index < -0.39 is 0 Å². The number of amides is 1. The molecule has 0 atom stereocenters. The second kappa shape index (κ2) is 8.28. The molecule has 0 spiro atoms. The van der Waals surface area contributed by atoms with E-state index in [-0.39, 0.29) is 12.3 Å². The van der Waals surface area contributed by atoms with Gasteiger partial charge in [0, 0.05) is 16.8 Å². The number of anilines is 1. The van der Waals surface area contributed by atoms with E-state index in [1.165, 1.54) is 17.7 Å². The van der Waals surface area contributed by atoms with E-state index in [1.54, 1.807) is 29.3 Å². The third-order valence-electron chi connectivity index (χ3n) is 3.87. The zero-order chi connectivity index (χ0) is 19.3. The second-order valence-corrected chi connectivity index (χ2v) is 7.39. The summed E-state index contributed by atoms with van der Waals surface area (Å²) in [5.41, 5.74) is 2.45. The van der Waals surface area contributed by atoms with Crippen LogP contribution in [0, 0.1) is 0 Å². The number of nitrogens with zero attached hydrogens (tertiary/aromatic N) is 5. The van der Waals surface area contributed by atoms with E-state index in [2.05, 4.69) is 25.4 Å². The molecule has 0 aliphatic heterocycles. The average molecular weight is 411 g/mol. The fourth-order valence-electron chi connectivity index (χ4n) is 2.62. The zero-order valence-electron chi connectivity index (χ0n) is 14.6. The summed E-state index contributed by atoms with van der Waals surface area (Å²) in [6.07, 6.45) is 5.48. The van der Waals surface area contributed by atoms with Gasteiger partial charge in [-0.15, -0.1) is 11.3 Å². The van der Waals surface area contributed by atoms with E-state index >= 15 is 0 Å². The second-order valence-electron chi connectivity index (χ2n) is 6.01. The van der Waals surface area contributed by atoms with Crippen molar-refractivity contribution in [2.24, 2.45) is 0 Å². The van der Waals surface area contributed by atoms with Crippen molar-refractivity contribution < 1.29 is 4.79 Å². The van der Waals surface area contributed by atoms with Crippen LogP contribution in [0.2, 0.25) is 5.02 Å². The van der Waals surface area contributed by atoms with Crippen LogP contribution in [0.1, 0.15) is 16.3 Å². The minimum Gasteiger partial charge on any atom is -0.324 e. The first kappa shape index (κ1) is 18.3. The van der Waals surface area contributed by atoms with Crippen LogP contribution in [0.15, 0.2) is 60.6 Å². The highest BCUT2D eigenvalue weighted by molar-refractivity contribution is 7.09. The van der Waals surface area contributed by atoms with E-state index in [0.29, 0.717) is 22.9 Å². The Morgan fingerprint density at radius 1 is 1.25 bits per heavy atom. The molecule has 0 unspecified atom stereocenters. The molecule has 28 heavy (non-hydrogen) atoms. The number of carbonyl (C=O) groups excluding carboxylic acids is 1. The molecule has 4 aromatic rings. The van der Waals surface area contributed by atoms with Gasteiger partial charge in [-0.1, -0.05) is 23.7 Å². The molecule has 7 nitrogen and oxygen atoms in total. The molecule has 0 aliphatic carbocycles. The van der Waals surface area contributed by atoms with E-state index in [1.807, 2.05) is 29.6 Å². The van der Waals surface area contributed by atoms with Crippen LogP contribution in [0.25, 0.3) is 5.82 Å². The predicted octanol–water partition coefficient (Wildman–Crippen LogP) is 3.54. The first-order valence-corrected chi connectivity index (χ1v) is 9.70. The van der Waals surface area contributed by atoms with Crippen molar-refractivity contribution in [3.63, 3.8) is 0 Å². The van der Waals surface area contributed by atoms with Gasteiger partial charge in [0.1, 0.15) is 12.7 Å². The highest BCUT2D eigenvalue weighted by atomic mass is 35.5. The van der Waals surface area contributed by atoms with Crippen LogP contribution < -0.4 is 5.32 Å². The number of nitrogens with one attached hydrogen (secondary N) is 1. The quantitative estimate of drug-likeness (QED) is 0.525. The van der Waals surface area contributed by atoms with E-state index in [0.717, 1.165) is 16.3 Å². The van der Waals surface area contributed by atoms with Crippen molar-refractivity contribution in [3.8, 4) is 5.82 Å². The SMILES string of the molecule is O=C(Cc1csc(Cc2cccc(Cl)c2)n1)Nc1ccc(-n2cncn2)nc1. The summed E-state index contributed by atoms with van der Waals surface area (Å²) in [4.78, 5) is 25.0. The molecule has 9 heteroatoms. The number of halogens is 1. The number of hydrogen-bond donors (Lipinski definition) is 1. The lowest BCUT2D eigenvalue weighted by Crippen LogP contribution is -2.15. The minimum absolute atomic E-state index is 0.144. The summed E-state index contributed by atoms with van der Waals surface area (Å²) in [5, 5.41) is 10.4. The topological polar surface area (TPSA) is 85.6 Å². The third-order valence-corrected chi connectivity index (χ3v) is 5.00. The van der Waals surface area contributed by atoms with E-state index in [4.69, 9.17) is 11.6 Å². The Kier molecular flexibility index (Phi) is 5.41. The Labute approximate surface area is 170 Å². The first-order valence-electron chi connectivity index (χ1n) is 8.44. The Bertz CT molecular complexity index is 1080. The van der Waals surface area contributed by atoms with Crippen LogP contribution in [0.4, 0.5) is 5.69 Å². The standard InChI is InChI=1S/C19H15ClN6OS/c20-14-3-1-2-13(6-14)7-19-25-16(10-28-19)8-18(27)24-15-4-5-17(22-9-15)26-12-21-11-23-26/h1-6,9-12H,7-8H2,(H,24,27). The molecule has 3 heterocycles. The molecule has 140 valence electrons. The summed E-state index contributed by atoms with van der Waals surface area (Å²) >= 11 is 7.55. The molecule has 1 amide bonds. The molecule has 1 aromatic carbocycles. The van der Waals surface area contributed by atoms with Gasteiger partial charge in [-0.25, -0.2) is 19.6 Å². The van der Waals surface area contributed by atoms with Crippen molar-refractivity contribution in [2.45, 2.75) is 12.8 Å². The number of carbonyl (C=O) groups is 1. The minimum atomic E-state index is -0.144. The van der Waals surface area contributed by atoms with Crippen LogP contribution >= 0.6 is 22.9 Å². The predicted molar refractivity (Wildman–Crippen MR) is 108 cm³/mol. The van der Waals surface area contributed by atoms with Crippen molar-refractivity contribution in [2.75, 3.05) is 5.32 Å². The van der Waals surface area contributed by atoms with Gasteiger partial charge in [0.25, 0.3) is 0 Å². The Hall–Kier alpha value is -3.10. The number of thiazole rings is 1. The molecule has 0 saturated heterocycles. The van der Waals surface area contributed by atoms with Crippen molar-refractivity contribution >= 4 is 34.5 Å². The van der Waals surface area contributed by atoms with Crippen molar-refractivity contribution in [3.05, 3.63) is 81.9 Å². The van der Waals surface area contributed by atoms with Gasteiger partial charge in [0.15, 0.2) is 5.82 Å². The van der Waals surface area contributed by atoms with Crippen molar-refractivity contribution in [1.82, 2.24) is 24.7 Å². The fourth-order valence-corrected chi connectivity index (χ4v) is 3.67. The summed E-state index contributed by atoms with van der Waals surface area (Å²) < 4.78 is 1.54. The molecule has 0 fully saturated rings. The lowest BCUT2D eigenvalue weighted by atomic mass is 10.2. The molecule has 0 bridgehead atoms. The number of rotatable bonds is 6. The highest BCUT2D eigenvalue weighted by Crippen LogP contribution is 2.18. The third kappa shape index (κ3) is 4.59. The summed E-state index contributed by atoms with van der Waals surface area (Å²) in [6.45, 7) is 0. The summed E-state index contributed by atoms with van der Waals surface area (Å²) in [7, 11) is 0. The first-order chi connectivity index (χ1) is 13.7. The largest absolute Gasteiger partial charge is 0.324 e. The smallest absolute Gasteiger partial charge is 0.230 e. The van der Waals surface area contributed by atoms with Gasteiger partial charge in [-0.3, -0.25) is 4.79 Å². The lowest BCUT2D eigenvalue weighted by Gasteiger charge is -2.05. The van der Waals surface area contributed by atoms with Gasteiger partial charge in [0.2, 0.25) is 5.91 Å². The molecule has 0 saturated carbocycles. The molecule has 4 rings (SSSR count). The Morgan fingerprint density at radius 3 is 2.93 bits per heavy atom. The molecule has 0 radical (unpaired) electrons. The number of hydrogen-bond acceptors (Lipinski definition) is 6. The van der Waals surface area contributed by atoms with E-state index in [9.17, 15) is 4.79 Å². The van der Waals surface area contributed by atoms with Crippen LogP contribution in [0.5, 0.6) is 0 Å². The monoisotopic (exact) mass is 410 g/mol. The van der Waals surface area contributed by atoms with Gasteiger partial charge >= 0.3 is 0 Å². The maximum absolute atomic E-state index is 12.3. The summed E-state index contributed by atoms with van der Waals surface area (Å²) in [5.74, 6) is 0.482. The zero-order valence-corrected chi connectivity index (χ0v) is 16.2. The fraction of sp³-hybridized carbons (Fsp3) is 0.105. The Balaban J connectivity index is 1.34. The van der Waals surface area contributed by atoms with Gasteiger partial charge in [-0.2, -0.15) is 5.10 Å². The number of benzene rings is 1. The molecule has 0 aliphatic rings. The maximum Gasteiger partial charge on any atom is 0.230 e. The summed E-state index contributed by atoms with van der Waals surface area (Å²) in [6, 6.07) is 11.2. The van der Waals surface area contributed by atoms with Crippen LogP contribution in [-0.4, -0.2) is 30.6 Å². The van der Waals surface area contributed by atoms with Crippen molar-refractivity contribution in [1.29, 1.82) is 0 Å². The highest BCUT2D eigenvalue weighted by Gasteiger charge is 2.10. The maximum atomic E-state index is 12.3.